The van der Waals surface area contributed by atoms with Crippen molar-refractivity contribution in [2.75, 3.05) is 98.4 Å². The van der Waals surface area contributed by atoms with Crippen molar-refractivity contribution in [2.24, 2.45) is 58.5 Å². The zero-order chi connectivity index (χ0) is 96.4. The summed E-state index contributed by atoms with van der Waals surface area (Å²) in [4.78, 5) is 99.3. The summed E-state index contributed by atoms with van der Waals surface area (Å²) in [5, 5.41) is 98.0. The van der Waals surface area contributed by atoms with Gasteiger partial charge in [-0.15, -0.1) is 0 Å². The minimum atomic E-state index is -4.26. The molecule has 131 heavy (non-hydrogen) atoms. The van der Waals surface area contributed by atoms with Gasteiger partial charge in [0.15, 0.2) is 4.90 Å². The molecule has 0 aromatic heterocycles. The van der Waals surface area contributed by atoms with E-state index in [2.05, 4.69) is 87.6 Å². The van der Waals surface area contributed by atoms with Crippen molar-refractivity contribution in [1.29, 1.82) is 0 Å². The Morgan fingerprint density at radius 3 is 1.56 bits per heavy atom. The molecular weight excluding hydrogens is 1720 g/mol. The number of nitrogens with zero attached hydrogens (tertiary/aromatic N) is 7. The number of nitro groups is 2. The standard InChI is InChI=1S/C44H63N5O6.C34H47N3O7.C16H18N4O6S.C2H4O2S/c1-27(2)31-18-17-28(3)38(23-31)47-44(53)41-40(29(4)51)39(26-50)55-49(41)25-32-15-12-16-37(42(32)54-8)33-20-34(22-36(21-33)48(6)7)43(52)46-35(24-45-5)19-30-13-10-9-11-14-30;1-18-26-14-23(34(26,3)4)15-27(18)35-32(40)30-29(19(2)39)28(17-38)44-37(30)16-20-9-8-10-25(31(20)43-7)21-11-22(33(41)42)13-24(12-21)36(5)6;1-18(11-13(17)9-12-5-3-2-4-6-12)27(25,26)16-8-7-14(19(21)22)10-15(16)20(23)24;3-2(4)1-5/h9-16,20-22,27-29,31,35,38-41,45,50-51H,17-19,23-26H2,1-8H3,(H,46,52)(H,47,53);8-13,18-19,23,26-30,38-39H,14-17H2,1-7H3,(H,35,40)(H,41,42);2-8,10,13H,9,11,17H2,1H3;5H,1H2,(H,3,4)/t28-,29-,31+,35-,38-,39-,40+,41-;18-,19-,23+,26-,27-,28-,29+,30-;13-;/m000./s1. The first-order valence-electron chi connectivity index (χ1n) is 44.3. The maximum absolute atomic E-state index is 14.3. The van der Waals surface area contributed by atoms with E-state index in [-0.39, 0.29) is 85.4 Å². The van der Waals surface area contributed by atoms with E-state index in [0.717, 1.165) is 81.3 Å². The zero-order valence-electron chi connectivity index (χ0n) is 77.6. The van der Waals surface area contributed by atoms with E-state index in [0.29, 0.717) is 94.7 Å². The Labute approximate surface area is 773 Å². The lowest BCUT2D eigenvalue weighted by Gasteiger charge is -2.62. The topological polar surface area (TPSA) is 454 Å². The number of nitrogens with one attached hydrogen (secondary N) is 4. The number of hydrogen-bond donors (Lipinski definition) is 12. The number of carbonyl (C=O) groups is 5. The molecule has 0 unspecified atom stereocenters. The predicted octanol–water partition coefficient (Wildman–Crippen LogP) is 10.5. The third-order valence-electron chi connectivity index (χ3n) is 26.3. The first-order valence-corrected chi connectivity index (χ1v) is 46.4. The monoisotopic (exact) mass is 1850 g/mol. The van der Waals surface area contributed by atoms with Gasteiger partial charge in [-0.25, -0.2) is 13.2 Å². The number of non-ortho nitro benzene ring substituents is 1. The number of anilines is 2. The van der Waals surface area contributed by atoms with Gasteiger partial charge in [-0.1, -0.05) is 139 Å². The highest BCUT2D eigenvalue weighted by molar-refractivity contribution is 7.89. The molecule has 4 saturated carbocycles. The largest absolute Gasteiger partial charge is 0.496 e. The number of rotatable bonds is 35. The first-order chi connectivity index (χ1) is 62.0. The van der Waals surface area contributed by atoms with Crippen LogP contribution in [0.15, 0.2) is 157 Å². The molecule has 13 rings (SSSR count). The molecule has 6 fully saturated rings. The van der Waals surface area contributed by atoms with Crippen LogP contribution in [0.3, 0.4) is 0 Å². The van der Waals surface area contributed by atoms with Crippen molar-refractivity contribution >= 4 is 75.1 Å². The third kappa shape index (κ3) is 26.0. The number of carboxylic acids is 2. The number of aliphatic hydroxyl groups is 4. The summed E-state index contributed by atoms with van der Waals surface area (Å²) in [6.45, 7) is 17.0. The number of nitro benzene ring substituents is 2. The van der Waals surface area contributed by atoms with E-state index in [1.54, 1.807) is 50.3 Å². The number of methoxy groups -OCH3 is 2. The summed E-state index contributed by atoms with van der Waals surface area (Å²) < 4.78 is 38.3. The fourth-order valence-corrected chi connectivity index (χ4v) is 20.3. The van der Waals surface area contributed by atoms with Crippen LogP contribution in [0.1, 0.15) is 130 Å². The molecule has 714 valence electrons. The number of para-hydroxylation sites is 2. The fourth-order valence-electron chi connectivity index (χ4n) is 18.9. The average Bonchev–Trinajstić information content (AvgIpc) is 1.23. The molecule has 2 heterocycles. The van der Waals surface area contributed by atoms with Crippen molar-refractivity contribution in [2.45, 2.75) is 179 Å². The van der Waals surface area contributed by atoms with Gasteiger partial charge in [0, 0.05) is 130 Å². The summed E-state index contributed by atoms with van der Waals surface area (Å²) in [5.74, 6) is 0.0437. The number of hydrogen-bond acceptors (Lipinski definition) is 26. The fraction of sp³-hybridized carbons (Fsp3) is 0.510. The highest BCUT2D eigenvalue weighted by atomic mass is 32.2. The Bertz CT molecular complexity index is 5170. The van der Waals surface area contributed by atoms with Gasteiger partial charge >= 0.3 is 11.9 Å². The number of thiol groups is 1. The van der Waals surface area contributed by atoms with E-state index in [1.165, 1.54) is 13.5 Å². The molecular formula is C96H132N12O21S2. The highest BCUT2D eigenvalue weighted by Crippen LogP contribution is 2.61. The molecule has 7 aromatic rings. The molecule has 3 amide bonds. The summed E-state index contributed by atoms with van der Waals surface area (Å²) in [5.41, 5.74) is 13.6. The van der Waals surface area contributed by atoms with Crippen LogP contribution in [0.5, 0.6) is 11.5 Å². The number of carboxylic acid groups (broad SMARTS) is 2. The number of likely N-dealkylation sites (N-methyl/N-ethyl adjacent to an activating group) is 2. The van der Waals surface area contributed by atoms with Gasteiger partial charge in [0.05, 0.1) is 80.0 Å². The summed E-state index contributed by atoms with van der Waals surface area (Å²) in [6, 6.07) is 41.8. The summed E-state index contributed by atoms with van der Waals surface area (Å²) in [6.07, 6.45) is 3.01. The van der Waals surface area contributed by atoms with Gasteiger partial charge in [-0.3, -0.25) is 49.1 Å². The smallest absolute Gasteiger partial charge is 0.335 e. The number of aliphatic hydroxyl groups excluding tert-OH is 4. The Balaban J connectivity index is 0.000000226. The quantitative estimate of drug-likeness (QED) is 0.00997. The SMILES string of the molecule is CN(C[C@@H](N)Cc1ccccc1)S(=O)(=O)c1ccc([N+](=O)[O-])cc1[N+](=O)[O-].CNC[C@H](Cc1ccccc1)NC(=O)c1cc(-c2cccc(CN3O[C@@H](CO)[C@@H]([C@H](C)O)[C@H]3C(=O)N[C@H]3C[C@H](C(C)C)CC[C@@H]3C)c2OC)cc(N(C)C)c1.COc1c(CN2O[C@@H](CO)[C@@H]([C@H](C)O)[C@H]2C(=O)N[C@H]2C[C@H]3C[C@@H]([C@@H]2C)C3(C)C)cccc1-c1cc(C(=O)O)cc(N(C)C)c1.O=C(O)CS. The zero-order valence-corrected chi connectivity index (χ0v) is 79.3. The van der Waals surface area contributed by atoms with Gasteiger partial charge in [-0.05, 0) is 171 Å². The van der Waals surface area contributed by atoms with Crippen LogP contribution in [0.2, 0.25) is 0 Å². The Morgan fingerprint density at radius 2 is 1.14 bits per heavy atom. The molecule has 0 spiro atoms. The van der Waals surface area contributed by atoms with E-state index < -0.39 is 102 Å². The molecule has 12 N–H and O–H groups in total. The van der Waals surface area contributed by atoms with Gasteiger partial charge in [0.1, 0.15) is 35.8 Å². The summed E-state index contributed by atoms with van der Waals surface area (Å²) >= 11 is 3.42. The lowest BCUT2D eigenvalue weighted by molar-refractivity contribution is -0.396. The average molecular weight is 1850 g/mol. The minimum absolute atomic E-state index is 0.0124. The second-order valence-electron chi connectivity index (χ2n) is 36.3. The number of aliphatic carboxylic acids is 1. The number of fused-ring (bicyclic) bond motifs is 2. The van der Waals surface area contributed by atoms with Gasteiger partial charge in [0.25, 0.3) is 17.3 Å². The Kier molecular flexibility index (Phi) is 37.4. The van der Waals surface area contributed by atoms with Crippen LogP contribution in [-0.4, -0.2) is 242 Å². The molecule has 2 aliphatic heterocycles. The molecule has 0 radical (unpaired) electrons. The van der Waals surface area contributed by atoms with E-state index >= 15 is 0 Å². The number of amides is 3. The number of aromatic carboxylic acids is 1. The lowest BCUT2D eigenvalue weighted by Crippen LogP contribution is -2.62. The first kappa shape index (κ1) is 104. The molecule has 6 aliphatic rings. The van der Waals surface area contributed by atoms with Crippen LogP contribution in [0.25, 0.3) is 22.3 Å². The molecule has 17 atom stereocenters. The minimum Gasteiger partial charge on any atom is -0.496 e. The van der Waals surface area contributed by atoms with Crippen molar-refractivity contribution in [3.8, 4) is 33.8 Å². The van der Waals surface area contributed by atoms with Crippen LogP contribution >= 0.6 is 12.6 Å². The highest BCUT2D eigenvalue weighted by Gasteiger charge is 2.58. The van der Waals surface area contributed by atoms with Gasteiger partial charge in [-0.2, -0.15) is 27.1 Å². The second-order valence-corrected chi connectivity index (χ2v) is 38.6. The van der Waals surface area contributed by atoms with Gasteiger partial charge in [0.2, 0.25) is 21.8 Å². The van der Waals surface area contributed by atoms with E-state index in [9.17, 15) is 78.2 Å². The molecule has 2 saturated heterocycles. The Morgan fingerprint density at radius 1 is 0.649 bits per heavy atom. The number of ether oxygens (including phenoxy) is 2. The van der Waals surface area contributed by atoms with Crippen LogP contribution in [0, 0.1) is 73.0 Å². The summed E-state index contributed by atoms with van der Waals surface area (Å²) in [7, 11) is 9.62. The molecule has 33 nitrogen and oxygen atoms in total. The molecule has 4 aliphatic carbocycles. The molecule has 2 bridgehead atoms. The van der Waals surface area contributed by atoms with Crippen molar-refractivity contribution in [1.82, 2.24) is 35.7 Å². The number of hydroxylamine groups is 4. The molecule has 7 aromatic carbocycles. The van der Waals surface area contributed by atoms with Crippen LogP contribution < -0.4 is 46.3 Å². The predicted molar refractivity (Wildman–Crippen MR) is 504 cm³/mol. The number of nitrogens with two attached hydrogens (primary N) is 1. The number of carbonyl (C=O) groups excluding carboxylic acids is 3. The Hall–Kier alpha value is -10.3. The van der Waals surface area contributed by atoms with Crippen molar-refractivity contribution < 1.29 is 92.0 Å². The van der Waals surface area contributed by atoms with Crippen molar-refractivity contribution in [3.05, 3.63) is 205 Å². The maximum Gasteiger partial charge on any atom is 0.335 e. The maximum atomic E-state index is 14.3. The second kappa shape index (κ2) is 46.9. The number of sulfonamides is 1. The normalized spacial score (nSPS) is 23.0. The van der Waals surface area contributed by atoms with E-state index in [4.69, 9.17) is 30.0 Å². The van der Waals surface area contributed by atoms with Crippen LogP contribution in [-0.2, 0) is 60.0 Å². The van der Waals surface area contributed by atoms with Crippen LogP contribution in [0.4, 0.5) is 22.7 Å². The van der Waals surface area contributed by atoms with Gasteiger partial charge < -0.3 is 76.9 Å². The van der Waals surface area contributed by atoms with Crippen molar-refractivity contribution in [3.63, 3.8) is 0 Å². The number of benzene rings is 7. The van der Waals surface area contributed by atoms with E-state index in [1.807, 2.05) is 154 Å². The molecule has 35 heteroatoms. The lowest BCUT2D eigenvalue weighted by atomic mass is 9.45. The third-order valence-corrected chi connectivity index (χ3v) is 28.5.